The molecule has 1 amide bonds. The van der Waals surface area contributed by atoms with Crippen molar-refractivity contribution in [3.63, 3.8) is 0 Å². The molecule has 6 nitrogen and oxygen atoms in total. The Balaban J connectivity index is 1.57. The van der Waals surface area contributed by atoms with Crippen molar-refractivity contribution in [1.82, 2.24) is 14.5 Å². The molecule has 0 bridgehead atoms. The maximum absolute atomic E-state index is 12.8. The summed E-state index contributed by atoms with van der Waals surface area (Å²) in [5.41, 5.74) is 1.04. The Morgan fingerprint density at radius 3 is 2.12 bits per heavy atom. The van der Waals surface area contributed by atoms with Crippen LogP contribution in [-0.4, -0.2) is 62.8 Å². The second kappa shape index (κ2) is 8.06. The zero-order valence-electron chi connectivity index (χ0n) is 15.6. The van der Waals surface area contributed by atoms with E-state index in [9.17, 15) is 13.2 Å². The van der Waals surface area contributed by atoms with Crippen molar-refractivity contribution in [1.29, 1.82) is 0 Å². The van der Waals surface area contributed by atoms with Gasteiger partial charge in [0.05, 0.1) is 4.90 Å². The fourth-order valence-electron chi connectivity index (χ4n) is 3.85. The normalized spacial score (nSPS) is 21.1. The van der Waals surface area contributed by atoms with E-state index in [0.29, 0.717) is 36.9 Å². The van der Waals surface area contributed by atoms with Crippen LogP contribution in [0.3, 0.4) is 0 Å². The number of piperidine rings is 2. The molecule has 2 fully saturated rings. The monoisotopic (exact) mass is 379 g/mol. The van der Waals surface area contributed by atoms with Crippen LogP contribution in [0.25, 0.3) is 0 Å². The smallest absolute Gasteiger partial charge is 0.243 e. The number of carbonyl (C=O) groups excluding carboxylic acids is 1. The number of carbonyl (C=O) groups is 1. The first-order chi connectivity index (χ1) is 12.4. The van der Waals surface area contributed by atoms with Crippen LogP contribution in [0.2, 0.25) is 0 Å². The third-order valence-electron chi connectivity index (χ3n) is 5.68. The number of aryl methyl sites for hydroxylation is 1. The van der Waals surface area contributed by atoms with Crippen molar-refractivity contribution in [3.8, 4) is 0 Å². The van der Waals surface area contributed by atoms with Crippen LogP contribution in [0.15, 0.2) is 29.2 Å². The van der Waals surface area contributed by atoms with E-state index in [1.54, 1.807) is 12.1 Å². The number of amides is 1. The lowest BCUT2D eigenvalue weighted by Gasteiger charge is -2.37. The molecule has 2 aliphatic heterocycles. The molecule has 1 aromatic carbocycles. The van der Waals surface area contributed by atoms with Crippen LogP contribution < -0.4 is 5.32 Å². The van der Waals surface area contributed by atoms with E-state index in [1.807, 2.05) is 31.0 Å². The molecule has 0 unspecified atom stereocenters. The molecule has 0 saturated carbocycles. The second-order valence-electron chi connectivity index (χ2n) is 7.38. The highest BCUT2D eigenvalue weighted by atomic mass is 32.2. The van der Waals surface area contributed by atoms with E-state index in [-0.39, 0.29) is 11.8 Å². The van der Waals surface area contributed by atoms with Crippen LogP contribution in [0, 0.1) is 12.8 Å². The molecule has 2 aliphatic rings. The first-order valence-electron chi connectivity index (χ1n) is 9.44. The summed E-state index contributed by atoms with van der Waals surface area (Å²) in [5, 5.41) is 3.27. The van der Waals surface area contributed by atoms with Gasteiger partial charge in [0.1, 0.15) is 0 Å². The van der Waals surface area contributed by atoms with Gasteiger partial charge in [0.15, 0.2) is 0 Å². The Kier molecular flexibility index (Phi) is 5.99. The number of nitrogens with one attached hydrogen (secondary N) is 1. The molecule has 0 radical (unpaired) electrons. The van der Waals surface area contributed by atoms with Crippen molar-refractivity contribution < 1.29 is 13.2 Å². The van der Waals surface area contributed by atoms with Crippen LogP contribution in [0.4, 0.5) is 0 Å². The van der Waals surface area contributed by atoms with Crippen LogP contribution >= 0.6 is 0 Å². The van der Waals surface area contributed by atoms with Crippen molar-refractivity contribution in [2.45, 2.75) is 43.5 Å². The highest BCUT2D eigenvalue weighted by molar-refractivity contribution is 7.89. The average molecular weight is 380 g/mol. The summed E-state index contributed by atoms with van der Waals surface area (Å²) in [6.45, 7) is 4.37. The SMILES string of the molecule is CNC1CCN(C(=O)C2CCN(S(=O)(=O)c3ccc(C)cc3)CC2)CC1. The van der Waals surface area contributed by atoms with Gasteiger partial charge in [-0.1, -0.05) is 17.7 Å². The maximum atomic E-state index is 12.8. The summed E-state index contributed by atoms with van der Waals surface area (Å²) < 4.78 is 27.1. The average Bonchev–Trinajstić information content (AvgIpc) is 2.68. The van der Waals surface area contributed by atoms with E-state index >= 15 is 0 Å². The Hall–Kier alpha value is -1.44. The van der Waals surface area contributed by atoms with Gasteiger partial charge in [0.25, 0.3) is 0 Å². The number of likely N-dealkylation sites (tertiary alicyclic amines) is 1. The minimum atomic E-state index is -3.46. The summed E-state index contributed by atoms with van der Waals surface area (Å²) in [5.74, 6) is 0.151. The minimum absolute atomic E-state index is 0.0504. The lowest BCUT2D eigenvalue weighted by molar-refractivity contribution is -0.137. The predicted molar refractivity (Wildman–Crippen MR) is 101 cm³/mol. The first kappa shape index (κ1) is 19.3. The van der Waals surface area contributed by atoms with E-state index in [0.717, 1.165) is 31.5 Å². The van der Waals surface area contributed by atoms with E-state index in [4.69, 9.17) is 0 Å². The maximum Gasteiger partial charge on any atom is 0.243 e. The Morgan fingerprint density at radius 1 is 1.00 bits per heavy atom. The topological polar surface area (TPSA) is 69.7 Å². The van der Waals surface area contributed by atoms with E-state index in [1.165, 1.54) is 4.31 Å². The second-order valence-corrected chi connectivity index (χ2v) is 9.32. The molecule has 0 spiro atoms. The number of benzene rings is 1. The number of sulfonamides is 1. The quantitative estimate of drug-likeness (QED) is 0.863. The standard InChI is InChI=1S/C19H29N3O3S/c1-15-3-5-18(6-4-15)26(24,25)22-13-7-16(8-14-22)19(23)21-11-9-17(20-2)10-12-21/h3-6,16-17,20H,7-14H2,1-2H3. The van der Waals surface area contributed by atoms with Crippen LogP contribution in [-0.2, 0) is 14.8 Å². The number of hydrogen-bond acceptors (Lipinski definition) is 4. The first-order valence-corrected chi connectivity index (χ1v) is 10.9. The van der Waals surface area contributed by atoms with Gasteiger partial charge in [-0.15, -0.1) is 0 Å². The van der Waals surface area contributed by atoms with Gasteiger partial charge in [-0.3, -0.25) is 4.79 Å². The lowest BCUT2D eigenvalue weighted by atomic mass is 9.95. The molecule has 1 aromatic rings. The van der Waals surface area contributed by atoms with E-state index in [2.05, 4.69) is 5.32 Å². The van der Waals surface area contributed by atoms with Crippen molar-refractivity contribution in [2.75, 3.05) is 33.2 Å². The van der Waals surface area contributed by atoms with Crippen molar-refractivity contribution >= 4 is 15.9 Å². The molecule has 144 valence electrons. The largest absolute Gasteiger partial charge is 0.342 e. The number of hydrogen-bond donors (Lipinski definition) is 1. The summed E-state index contributed by atoms with van der Waals surface area (Å²) in [6, 6.07) is 7.46. The molecule has 7 heteroatoms. The highest BCUT2D eigenvalue weighted by Gasteiger charge is 2.34. The van der Waals surface area contributed by atoms with Gasteiger partial charge in [-0.25, -0.2) is 8.42 Å². The summed E-state index contributed by atoms with van der Waals surface area (Å²) in [7, 11) is -1.50. The van der Waals surface area contributed by atoms with Gasteiger partial charge in [0.2, 0.25) is 15.9 Å². The van der Waals surface area contributed by atoms with Gasteiger partial charge < -0.3 is 10.2 Å². The van der Waals surface area contributed by atoms with Gasteiger partial charge in [0, 0.05) is 38.1 Å². The number of rotatable bonds is 4. The van der Waals surface area contributed by atoms with Gasteiger partial charge in [-0.05, 0) is 51.8 Å². The highest BCUT2D eigenvalue weighted by Crippen LogP contribution is 2.26. The fourth-order valence-corrected chi connectivity index (χ4v) is 5.32. The Labute approximate surface area is 156 Å². The van der Waals surface area contributed by atoms with Gasteiger partial charge >= 0.3 is 0 Å². The molecular weight excluding hydrogens is 350 g/mol. The van der Waals surface area contributed by atoms with Crippen molar-refractivity contribution in [2.24, 2.45) is 5.92 Å². The lowest BCUT2D eigenvalue weighted by Crippen LogP contribution is -2.48. The minimum Gasteiger partial charge on any atom is -0.342 e. The molecule has 2 heterocycles. The summed E-state index contributed by atoms with van der Waals surface area (Å²) >= 11 is 0. The molecule has 3 rings (SSSR count). The molecular formula is C19H29N3O3S. The van der Waals surface area contributed by atoms with E-state index < -0.39 is 10.0 Å². The molecule has 0 aliphatic carbocycles. The molecule has 0 aromatic heterocycles. The molecule has 1 N–H and O–H groups in total. The zero-order chi connectivity index (χ0) is 18.7. The Bertz CT molecular complexity index is 717. The van der Waals surface area contributed by atoms with Crippen molar-refractivity contribution in [3.05, 3.63) is 29.8 Å². The predicted octanol–water partition coefficient (Wildman–Crippen LogP) is 1.61. The molecule has 26 heavy (non-hydrogen) atoms. The van der Waals surface area contributed by atoms with Crippen LogP contribution in [0.1, 0.15) is 31.2 Å². The third kappa shape index (κ3) is 4.10. The third-order valence-corrected chi connectivity index (χ3v) is 7.59. The number of nitrogens with zero attached hydrogens (tertiary/aromatic N) is 2. The van der Waals surface area contributed by atoms with Crippen LogP contribution in [0.5, 0.6) is 0 Å². The summed E-state index contributed by atoms with van der Waals surface area (Å²) in [6.07, 6.45) is 3.19. The van der Waals surface area contributed by atoms with Gasteiger partial charge in [-0.2, -0.15) is 4.31 Å². The Morgan fingerprint density at radius 2 is 1.58 bits per heavy atom. The zero-order valence-corrected chi connectivity index (χ0v) is 16.5. The summed E-state index contributed by atoms with van der Waals surface area (Å²) in [4.78, 5) is 15.0. The molecule has 2 saturated heterocycles. The molecule has 0 atom stereocenters. The fraction of sp³-hybridized carbons (Fsp3) is 0.632.